The number of nitrogens with one attached hydrogen (secondary N) is 1. The minimum atomic E-state index is 0.0602. The maximum Gasteiger partial charge on any atom is 0.224 e. The van der Waals surface area contributed by atoms with Gasteiger partial charge in [-0.1, -0.05) is 25.8 Å². The first kappa shape index (κ1) is 12.6. The van der Waals surface area contributed by atoms with Gasteiger partial charge in [-0.3, -0.25) is 4.79 Å². The van der Waals surface area contributed by atoms with E-state index in [1.165, 1.54) is 6.39 Å². The molecule has 0 atom stereocenters. The molecule has 0 aliphatic heterocycles. The highest BCUT2D eigenvalue weighted by Crippen LogP contribution is 2.14. The van der Waals surface area contributed by atoms with Crippen LogP contribution in [-0.2, 0) is 11.2 Å². The van der Waals surface area contributed by atoms with Crippen LogP contribution < -0.4 is 5.32 Å². The highest BCUT2D eigenvalue weighted by Gasteiger charge is 2.05. The molecule has 0 saturated heterocycles. The van der Waals surface area contributed by atoms with Crippen LogP contribution in [0.5, 0.6) is 0 Å². The zero-order chi connectivity index (χ0) is 12.8. The third-order valence-corrected chi connectivity index (χ3v) is 2.86. The largest absolute Gasteiger partial charge is 0.443 e. The van der Waals surface area contributed by atoms with Crippen LogP contribution in [0.2, 0.25) is 0 Å². The number of carbonyl (C=O) groups is 1. The topological polar surface area (TPSA) is 55.1 Å². The number of hydrogen-bond acceptors (Lipinski definition) is 3. The second-order valence-corrected chi connectivity index (χ2v) is 4.39. The number of aromatic nitrogens is 1. The van der Waals surface area contributed by atoms with Crippen molar-refractivity contribution in [2.24, 2.45) is 0 Å². The molecule has 0 spiro atoms. The van der Waals surface area contributed by atoms with Gasteiger partial charge < -0.3 is 9.73 Å². The van der Waals surface area contributed by atoms with Crippen molar-refractivity contribution in [1.29, 1.82) is 0 Å². The van der Waals surface area contributed by atoms with Crippen LogP contribution in [0.3, 0.4) is 0 Å². The van der Waals surface area contributed by atoms with Crippen LogP contribution in [-0.4, -0.2) is 17.4 Å². The summed E-state index contributed by atoms with van der Waals surface area (Å²) in [7, 11) is 0. The van der Waals surface area contributed by atoms with Gasteiger partial charge in [0.05, 0.1) is 6.42 Å². The molecule has 0 unspecified atom stereocenters. The number of benzene rings is 1. The predicted octanol–water partition coefficient (Wildman–Crippen LogP) is 2.68. The molecule has 0 saturated carbocycles. The first-order valence-electron chi connectivity index (χ1n) is 6.38. The van der Waals surface area contributed by atoms with E-state index >= 15 is 0 Å². The van der Waals surface area contributed by atoms with E-state index in [-0.39, 0.29) is 5.91 Å². The fourth-order valence-electron chi connectivity index (χ4n) is 1.86. The van der Waals surface area contributed by atoms with Crippen molar-refractivity contribution in [2.75, 3.05) is 6.54 Å². The zero-order valence-corrected chi connectivity index (χ0v) is 10.6. The maximum absolute atomic E-state index is 11.7. The molecule has 0 aliphatic rings. The molecule has 0 fully saturated rings. The zero-order valence-electron chi connectivity index (χ0n) is 10.6. The monoisotopic (exact) mass is 246 g/mol. The van der Waals surface area contributed by atoms with Crippen molar-refractivity contribution in [3.8, 4) is 0 Å². The number of oxazole rings is 1. The third kappa shape index (κ3) is 3.32. The number of carbonyl (C=O) groups excluding carboxylic acids is 1. The van der Waals surface area contributed by atoms with Crippen LogP contribution in [0.15, 0.2) is 29.0 Å². The molecular formula is C14H18N2O2. The number of nitrogens with zero attached hydrogens (tertiary/aromatic N) is 1. The van der Waals surface area contributed by atoms with Gasteiger partial charge in [0.2, 0.25) is 5.91 Å². The Morgan fingerprint density at radius 3 is 3.11 bits per heavy atom. The molecule has 18 heavy (non-hydrogen) atoms. The lowest BCUT2D eigenvalue weighted by atomic mass is 10.1. The lowest BCUT2D eigenvalue weighted by Gasteiger charge is -2.04. The van der Waals surface area contributed by atoms with E-state index in [4.69, 9.17) is 4.42 Å². The standard InChI is InChI=1S/C14H18N2O2/c1-2-3-4-7-15-14(17)9-11-5-6-12-13(8-11)18-10-16-12/h5-6,8,10H,2-4,7,9H2,1H3,(H,15,17). The molecule has 2 rings (SSSR count). The Morgan fingerprint density at radius 1 is 1.39 bits per heavy atom. The summed E-state index contributed by atoms with van der Waals surface area (Å²) >= 11 is 0. The first-order chi connectivity index (χ1) is 8.79. The van der Waals surface area contributed by atoms with Crippen molar-refractivity contribution in [1.82, 2.24) is 10.3 Å². The van der Waals surface area contributed by atoms with Gasteiger partial charge in [0.1, 0.15) is 5.52 Å². The van der Waals surface area contributed by atoms with Gasteiger partial charge in [0.15, 0.2) is 12.0 Å². The second-order valence-electron chi connectivity index (χ2n) is 4.39. The fraction of sp³-hybridized carbons (Fsp3) is 0.429. The Kier molecular flexibility index (Phi) is 4.34. The summed E-state index contributed by atoms with van der Waals surface area (Å²) in [6.45, 7) is 2.91. The second kappa shape index (κ2) is 6.19. The molecule has 96 valence electrons. The Balaban J connectivity index is 1.86. The van der Waals surface area contributed by atoms with Gasteiger partial charge in [0.25, 0.3) is 0 Å². The van der Waals surface area contributed by atoms with Crippen LogP contribution in [0.1, 0.15) is 31.7 Å². The first-order valence-corrected chi connectivity index (χ1v) is 6.38. The van der Waals surface area contributed by atoms with E-state index in [0.717, 1.165) is 42.5 Å². The molecule has 0 aliphatic carbocycles. The molecule has 2 aromatic rings. The summed E-state index contributed by atoms with van der Waals surface area (Å²) in [6, 6.07) is 5.66. The molecule has 1 N–H and O–H groups in total. The summed E-state index contributed by atoms with van der Waals surface area (Å²) < 4.78 is 5.21. The van der Waals surface area contributed by atoms with Crippen molar-refractivity contribution in [3.63, 3.8) is 0 Å². The number of unbranched alkanes of at least 4 members (excludes halogenated alkanes) is 2. The van der Waals surface area contributed by atoms with Gasteiger partial charge in [-0.2, -0.15) is 0 Å². The highest BCUT2D eigenvalue weighted by atomic mass is 16.3. The van der Waals surface area contributed by atoms with Crippen molar-refractivity contribution >= 4 is 17.0 Å². The van der Waals surface area contributed by atoms with Crippen LogP contribution in [0.25, 0.3) is 11.1 Å². The maximum atomic E-state index is 11.7. The molecule has 1 amide bonds. The minimum Gasteiger partial charge on any atom is -0.443 e. The minimum absolute atomic E-state index is 0.0602. The van der Waals surface area contributed by atoms with Gasteiger partial charge in [-0.25, -0.2) is 4.98 Å². The molecule has 0 radical (unpaired) electrons. The number of fused-ring (bicyclic) bond motifs is 1. The summed E-state index contributed by atoms with van der Waals surface area (Å²) in [6.07, 6.45) is 5.17. The van der Waals surface area contributed by atoms with Gasteiger partial charge in [-0.15, -0.1) is 0 Å². The highest BCUT2D eigenvalue weighted by molar-refractivity contribution is 5.80. The lowest BCUT2D eigenvalue weighted by Crippen LogP contribution is -2.26. The Morgan fingerprint density at radius 2 is 2.28 bits per heavy atom. The number of hydrogen-bond donors (Lipinski definition) is 1. The van der Waals surface area contributed by atoms with Crippen LogP contribution >= 0.6 is 0 Å². The SMILES string of the molecule is CCCCCNC(=O)Cc1ccc2ncoc2c1. The Bertz CT molecular complexity index is 519. The number of amides is 1. The lowest BCUT2D eigenvalue weighted by molar-refractivity contribution is -0.120. The molecule has 4 heteroatoms. The van der Waals surface area contributed by atoms with E-state index in [9.17, 15) is 4.79 Å². The van der Waals surface area contributed by atoms with Crippen molar-refractivity contribution in [3.05, 3.63) is 30.2 Å². The van der Waals surface area contributed by atoms with E-state index in [1.54, 1.807) is 0 Å². The molecule has 1 aromatic heterocycles. The normalized spacial score (nSPS) is 10.7. The van der Waals surface area contributed by atoms with Crippen molar-refractivity contribution < 1.29 is 9.21 Å². The molecule has 1 heterocycles. The van der Waals surface area contributed by atoms with Gasteiger partial charge in [0, 0.05) is 6.54 Å². The average Bonchev–Trinajstić information content (AvgIpc) is 2.82. The molecule has 0 bridgehead atoms. The van der Waals surface area contributed by atoms with Crippen LogP contribution in [0, 0.1) is 0 Å². The summed E-state index contributed by atoms with van der Waals surface area (Å²) in [5.41, 5.74) is 2.50. The summed E-state index contributed by atoms with van der Waals surface area (Å²) in [5, 5.41) is 2.92. The fourth-order valence-corrected chi connectivity index (χ4v) is 1.86. The van der Waals surface area contributed by atoms with E-state index in [2.05, 4.69) is 17.2 Å². The number of rotatable bonds is 6. The summed E-state index contributed by atoms with van der Waals surface area (Å²) in [4.78, 5) is 15.7. The van der Waals surface area contributed by atoms with Crippen LogP contribution in [0.4, 0.5) is 0 Å². The Labute approximate surface area is 106 Å². The van der Waals surface area contributed by atoms with Gasteiger partial charge in [-0.05, 0) is 24.1 Å². The van der Waals surface area contributed by atoms with Gasteiger partial charge >= 0.3 is 0 Å². The predicted molar refractivity (Wildman–Crippen MR) is 70.2 cm³/mol. The molecular weight excluding hydrogens is 228 g/mol. The smallest absolute Gasteiger partial charge is 0.224 e. The molecule has 4 nitrogen and oxygen atoms in total. The van der Waals surface area contributed by atoms with E-state index in [0.29, 0.717) is 6.42 Å². The van der Waals surface area contributed by atoms with Crippen molar-refractivity contribution in [2.45, 2.75) is 32.6 Å². The van der Waals surface area contributed by atoms with E-state index in [1.807, 2.05) is 18.2 Å². The summed E-state index contributed by atoms with van der Waals surface area (Å²) in [5.74, 6) is 0.0602. The Hall–Kier alpha value is -1.84. The van der Waals surface area contributed by atoms with E-state index < -0.39 is 0 Å². The molecule has 1 aromatic carbocycles. The third-order valence-electron chi connectivity index (χ3n) is 2.86. The quantitative estimate of drug-likeness (QED) is 0.797. The average molecular weight is 246 g/mol.